The average Bonchev–Trinajstić information content (AvgIpc) is 2.43. The standard InChI is InChI=1S/C15H25N3O4/c1-6-7-14(21)10(19)18-15(11(20)17-14)8-12(2,3)13(4,5)9-16-22-15/h9,21H,6-8H2,1-5H3,(H,17,20)(H,18,19). The molecule has 124 valence electrons. The number of oxime groups is 1. The Morgan fingerprint density at radius 2 is 1.86 bits per heavy atom. The fourth-order valence-electron chi connectivity index (χ4n) is 2.72. The summed E-state index contributed by atoms with van der Waals surface area (Å²) in [4.78, 5) is 30.2. The van der Waals surface area contributed by atoms with Gasteiger partial charge in [-0.2, -0.15) is 0 Å². The third-order valence-electron chi connectivity index (χ3n) is 5.01. The zero-order valence-electron chi connectivity index (χ0n) is 13.8. The summed E-state index contributed by atoms with van der Waals surface area (Å²) in [5, 5.41) is 19.1. The molecular weight excluding hydrogens is 286 g/mol. The van der Waals surface area contributed by atoms with Crippen molar-refractivity contribution in [3.05, 3.63) is 0 Å². The third-order valence-corrected chi connectivity index (χ3v) is 5.01. The third kappa shape index (κ3) is 2.47. The lowest BCUT2D eigenvalue weighted by Gasteiger charge is -2.45. The van der Waals surface area contributed by atoms with E-state index in [1.165, 1.54) is 0 Å². The molecule has 1 fully saturated rings. The molecule has 2 aliphatic heterocycles. The first kappa shape index (κ1) is 16.7. The van der Waals surface area contributed by atoms with Gasteiger partial charge >= 0.3 is 0 Å². The van der Waals surface area contributed by atoms with Crippen LogP contribution in [0.3, 0.4) is 0 Å². The number of piperazine rings is 1. The zero-order chi connectivity index (χ0) is 16.8. The largest absolute Gasteiger partial charge is 0.363 e. The van der Waals surface area contributed by atoms with Crippen LogP contribution >= 0.6 is 0 Å². The molecule has 7 heteroatoms. The molecule has 2 rings (SSSR count). The predicted octanol–water partition coefficient (Wildman–Crippen LogP) is 0.876. The van der Waals surface area contributed by atoms with Crippen molar-refractivity contribution in [3.63, 3.8) is 0 Å². The average molecular weight is 311 g/mol. The smallest absolute Gasteiger partial charge is 0.291 e. The molecule has 0 aromatic carbocycles. The maximum absolute atomic E-state index is 12.6. The number of hydrogen-bond acceptors (Lipinski definition) is 5. The van der Waals surface area contributed by atoms with Crippen molar-refractivity contribution in [2.24, 2.45) is 16.0 Å². The van der Waals surface area contributed by atoms with Crippen LogP contribution in [0.4, 0.5) is 0 Å². The van der Waals surface area contributed by atoms with Crippen molar-refractivity contribution in [2.45, 2.75) is 65.3 Å². The van der Waals surface area contributed by atoms with Gasteiger partial charge in [-0.05, 0) is 5.41 Å². The highest BCUT2D eigenvalue weighted by Crippen LogP contribution is 2.46. The summed E-state index contributed by atoms with van der Waals surface area (Å²) in [6.45, 7) is 9.78. The molecule has 22 heavy (non-hydrogen) atoms. The Balaban J connectivity index is 2.35. The fraction of sp³-hybridized carbons (Fsp3) is 0.800. The number of nitrogens with one attached hydrogen (secondary N) is 2. The molecule has 0 radical (unpaired) electrons. The van der Waals surface area contributed by atoms with E-state index in [9.17, 15) is 14.7 Å². The van der Waals surface area contributed by atoms with Gasteiger partial charge in [-0.15, -0.1) is 0 Å². The van der Waals surface area contributed by atoms with Crippen LogP contribution in [0.5, 0.6) is 0 Å². The number of hydrogen-bond donors (Lipinski definition) is 3. The van der Waals surface area contributed by atoms with Crippen LogP contribution in [0.2, 0.25) is 0 Å². The Bertz CT molecular complexity index is 529. The van der Waals surface area contributed by atoms with Gasteiger partial charge in [-0.1, -0.05) is 46.2 Å². The molecule has 0 aromatic heterocycles. The Morgan fingerprint density at radius 1 is 1.23 bits per heavy atom. The second-order valence-corrected chi connectivity index (χ2v) is 7.45. The Labute approximate surface area is 130 Å². The van der Waals surface area contributed by atoms with Gasteiger partial charge in [0.05, 0.1) is 6.21 Å². The van der Waals surface area contributed by atoms with Crippen LogP contribution < -0.4 is 10.6 Å². The van der Waals surface area contributed by atoms with Crippen LogP contribution in [0, 0.1) is 10.8 Å². The number of nitrogens with zero attached hydrogens (tertiary/aromatic N) is 1. The maximum Gasteiger partial charge on any atom is 0.291 e. The van der Waals surface area contributed by atoms with Crippen LogP contribution in [0.25, 0.3) is 0 Å². The zero-order valence-corrected chi connectivity index (χ0v) is 13.8. The summed E-state index contributed by atoms with van der Waals surface area (Å²) in [7, 11) is 0. The molecule has 0 saturated carbocycles. The van der Waals surface area contributed by atoms with E-state index in [4.69, 9.17) is 4.84 Å². The van der Waals surface area contributed by atoms with Gasteiger partial charge in [0, 0.05) is 18.3 Å². The van der Waals surface area contributed by atoms with E-state index in [0.717, 1.165) is 0 Å². The van der Waals surface area contributed by atoms with Crippen LogP contribution in [0.15, 0.2) is 5.16 Å². The molecule has 0 aliphatic carbocycles. The first-order chi connectivity index (χ1) is 9.98. The van der Waals surface area contributed by atoms with Gasteiger partial charge in [0.15, 0.2) is 0 Å². The number of carbonyl (C=O) groups excluding carboxylic acids is 2. The van der Waals surface area contributed by atoms with E-state index < -0.39 is 23.3 Å². The molecule has 0 bridgehead atoms. The Hall–Kier alpha value is -1.63. The second-order valence-electron chi connectivity index (χ2n) is 7.45. The summed E-state index contributed by atoms with van der Waals surface area (Å²) >= 11 is 0. The lowest BCUT2D eigenvalue weighted by atomic mass is 9.65. The molecule has 2 unspecified atom stereocenters. The highest BCUT2D eigenvalue weighted by atomic mass is 16.7. The summed E-state index contributed by atoms with van der Waals surface area (Å²) in [5.41, 5.74) is -4.17. The fourth-order valence-corrected chi connectivity index (χ4v) is 2.72. The van der Waals surface area contributed by atoms with Gasteiger partial charge in [-0.25, -0.2) is 0 Å². The summed E-state index contributed by atoms with van der Waals surface area (Å²) < 4.78 is 0. The van der Waals surface area contributed by atoms with Gasteiger partial charge in [0.2, 0.25) is 5.72 Å². The van der Waals surface area contributed by atoms with Gasteiger partial charge in [0.1, 0.15) is 0 Å². The summed E-state index contributed by atoms with van der Waals surface area (Å²) in [5.74, 6) is -1.24. The van der Waals surface area contributed by atoms with E-state index in [0.29, 0.717) is 6.42 Å². The summed E-state index contributed by atoms with van der Waals surface area (Å²) in [6.07, 6.45) is 2.58. The van der Waals surface area contributed by atoms with E-state index >= 15 is 0 Å². The molecule has 1 spiro atoms. The van der Waals surface area contributed by atoms with Crippen molar-refractivity contribution < 1.29 is 19.5 Å². The lowest BCUT2D eigenvalue weighted by molar-refractivity contribution is -0.189. The van der Waals surface area contributed by atoms with Crippen molar-refractivity contribution in [1.82, 2.24) is 10.6 Å². The lowest BCUT2D eigenvalue weighted by Crippen LogP contribution is -2.76. The molecule has 1 saturated heterocycles. The van der Waals surface area contributed by atoms with E-state index in [2.05, 4.69) is 15.8 Å². The molecule has 2 amide bonds. The summed E-state index contributed by atoms with van der Waals surface area (Å²) in [6, 6.07) is 0. The predicted molar refractivity (Wildman–Crippen MR) is 80.6 cm³/mol. The Kier molecular flexibility index (Phi) is 3.76. The topological polar surface area (TPSA) is 100 Å². The SMILES string of the molecule is CCCC1(O)NC(=O)C2(CC(C)(C)C(C)(C)C=NO2)NC1=O. The molecule has 7 nitrogen and oxygen atoms in total. The maximum atomic E-state index is 12.6. The van der Waals surface area contributed by atoms with Crippen molar-refractivity contribution in [1.29, 1.82) is 0 Å². The number of rotatable bonds is 2. The number of amides is 2. The normalized spacial score (nSPS) is 36.3. The van der Waals surface area contributed by atoms with E-state index in [-0.39, 0.29) is 23.7 Å². The quantitative estimate of drug-likeness (QED) is 0.704. The van der Waals surface area contributed by atoms with E-state index in [1.807, 2.05) is 34.6 Å². The van der Waals surface area contributed by atoms with Crippen LogP contribution in [-0.4, -0.2) is 34.6 Å². The first-order valence-corrected chi connectivity index (χ1v) is 7.58. The monoisotopic (exact) mass is 311 g/mol. The number of aliphatic hydroxyl groups is 1. The molecule has 3 N–H and O–H groups in total. The minimum Gasteiger partial charge on any atom is -0.363 e. The molecule has 2 aliphatic rings. The van der Waals surface area contributed by atoms with Crippen molar-refractivity contribution >= 4 is 18.0 Å². The van der Waals surface area contributed by atoms with Crippen molar-refractivity contribution in [2.75, 3.05) is 0 Å². The molecule has 2 atom stereocenters. The highest BCUT2D eigenvalue weighted by Gasteiger charge is 2.59. The molecular formula is C15H25N3O4. The first-order valence-electron chi connectivity index (χ1n) is 7.58. The Morgan fingerprint density at radius 3 is 2.45 bits per heavy atom. The highest BCUT2D eigenvalue weighted by molar-refractivity contribution is 6.00. The van der Waals surface area contributed by atoms with Gasteiger partial charge in [0.25, 0.3) is 17.5 Å². The molecule has 0 aromatic rings. The second kappa shape index (κ2) is 4.94. The minimum absolute atomic E-state index is 0.138. The van der Waals surface area contributed by atoms with Gasteiger partial charge in [-0.3, -0.25) is 9.59 Å². The van der Waals surface area contributed by atoms with Gasteiger partial charge < -0.3 is 20.6 Å². The van der Waals surface area contributed by atoms with Crippen LogP contribution in [-0.2, 0) is 14.4 Å². The molecule has 2 heterocycles. The van der Waals surface area contributed by atoms with Crippen molar-refractivity contribution in [3.8, 4) is 0 Å². The van der Waals surface area contributed by atoms with Crippen LogP contribution in [0.1, 0.15) is 53.9 Å². The number of carbonyl (C=O) groups is 2. The van der Waals surface area contributed by atoms with E-state index in [1.54, 1.807) is 6.21 Å². The minimum atomic E-state index is -1.89.